The van der Waals surface area contributed by atoms with Gasteiger partial charge in [-0.1, -0.05) is 37.6 Å². The van der Waals surface area contributed by atoms with Crippen molar-refractivity contribution in [3.05, 3.63) is 98.1 Å². The Kier molecular flexibility index (Phi) is 6.42. The van der Waals surface area contributed by atoms with Crippen LogP contribution in [0, 0.1) is 18.7 Å². The van der Waals surface area contributed by atoms with Gasteiger partial charge in [0.15, 0.2) is 16.9 Å². The Morgan fingerprint density at radius 2 is 1.84 bits per heavy atom. The first-order valence-corrected chi connectivity index (χ1v) is 12.2. The summed E-state index contributed by atoms with van der Waals surface area (Å²) in [4.78, 5) is 28.9. The highest BCUT2D eigenvalue weighted by Crippen LogP contribution is 2.44. The third-order valence-electron chi connectivity index (χ3n) is 6.34. The molecule has 5 rings (SSSR count). The Hall–Kier alpha value is -3.84. The van der Waals surface area contributed by atoms with E-state index < -0.39 is 23.2 Å². The number of halogens is 2. The number of nitrogens with zero attached hydrogens (tertiary/aromatic N) is 1. The van der Waals surface area contributed by atoms with Gasteiger partial charge < -0.3 is 13.9 Å². The van der Waals surface area contributed by atoms with Gasteiger partial charge in [-0.15, -0.1) is 0 Å². The normalized spacial score (nSPS) is 14.9. The lowest BCUT2D eigenvalue weighted by Crippen LogP contribution is -2.29. The van der Waals surface area contributed by atoms with Crippen LogP contribution in [0.15, 0.2) is 63.8 Å². The zero-order valence-corrected chi connectivity index (χ0v) is 21.6. The number of carbonyl (C=O) groups is 1. The van der Waals surface area contributed by atoms with E-state index in [1.807, 2.05) is 20.8 Å². The fraction of sp³-hybridized carbons (Fsp3) is 0.241. The number of benzene rings is 3. The second kappa shape index (κ2) is 9.56. The van der Waals surface area contributed by atoms with Gasteiger partial charge in [-0.05, 0) is 66.4 Å². The smallest absolute Gasteiger partial charge is 0.295 e. The van der Waals surface area contributed by atoms with E-state index in [1.165, 1.54) is 24.1 Å². The molecule has 37 heavy (non-hydrogen) atoms. The van der Waals surface area contributed by atoms with Crippen molar-refractivity contribution in [3.63, 3.8) is 0 Å². The van der Waals surface area contributed by atoms with E-state index in [9.17, 15) is 14.0 Å². The molecule has 0 spiro atoms. The molecular weight excluding hydrogens is 497 g/mol. The largest absolute Gasteiger partial charge is 0.493 e. The summed E-state index contributed by atoms with van der Waals surface area (Å²) in [7, 11) is 1.53. The summed E-state index contributed by atoms with van der Waals surface area (Å²) in [5.74, 6) is 0.145. The van der Waals surface area contributed by atoms with Crippen LogP contribution in [-0.2, 0) is 0 Å². The highest BCUT2D eigenvalue weighted by Gasteiger charge is 2.44. The minimum atomic E-state index is -0.863. The molecule has 1 unspecified atom stereocenters. The lowest BCUT2D eigenvalue weighted by Gasteiger charge is -2.26. The molecular formula is C29H25ClFNO5. The van der Waals surface area contributed by atoms with E-state index in [2.05, 4.69) is 0 Å². The molecule has 0 saturated heterocycles. The number of hydrogen-bond acceptors (Lipinski definition) is 5. The Morgan fingerprint density at radius 3 is 2.54 bits per heavy atom. The maximum Gasteiger partial charge on any atom is 0.295 e. The molecule has 8 heteroatoms. The average Bonchev–Trinajstić information content (AvgIpc) is 3.17. The summed E-state index contributed by atoms with van der Waals surface area (Å²) < 4.78 is 31.4. The van der Waals surface area contributed by atoms with Gasteiger partial charge in [0.25, 0.3) is 5.91 Å². The van der Waals surface area contributed by atoms with Crippen LogP contribution in [0.25, 0.3) is 11.0 Å². The van der Waals surface area contributed by atoms with Gasteiger partial charge >= 0.3 is 0 Å². The van der Waals surface area contributed by atoms with E-state index >= 15 is 0 Å². The Morgan fingerprint density at radius 1 is 1.05 bits per heavy atom. The highest BCUT2D eigenvalue weighted by molar-refractivity contribution is 6.31. The number of hydrogen-bond donors (Lipinski definition) is 0. The molecule has 1 atom stereocenters. The number of anilines is 1. The third kappa shape index (κ3) is 4.33. The van der Waals surface area contributed by atoms with Crippen LogP contribution < -0.4 is 19.8 Å². The summed E-state index contributed by atoms with van der Waals surface area (Å²) in [6.45, 7) is 6.44. The van der Waals surface area contributed by atoms with Gasteiger partial charge in [0.1, 0.15) is 11.4 Å². The van der Waals surface area contributed by atoms with Crippen LogP contribution in [-0.4, -0.2) is 19.6 Å². The number of rotatable bonds is 6. The summed E-state index contributed by atoms with van der Waals surface area (Å²) in [6, 6.07) is 13.3. The van der Waals surface area contributed by atoms with Crippen molar-refractivity contribution >= 4 is 34.2 Å². The predicted molar refractivity (Wildman–Crippen MR) is 141 cm³/mol. The molecule has 1 aliphatic rings. The van der Waals surface area contributed by atoms with Crippen LogP contribution >= 0.6 is 11.6 Å². The highest BCUT2D eigenvalue weighted by atomic mass is 35.5. The number of amides is 1. The van der Waals surface area contributed by atoms with Crippen molar-refractivity contribution in [3.8, 4) is 11.5 Å². The van der Waals surface area contributed by atoms with E-state index in [1.54, 1.807) is 36.4 Å². The summed E-state index contributed by atoms with van der Waals surface area (Å²) in [5, 5.41) is 0.533. The number of carbonyl (C=O) groups excluding carboxylic acids is 1. The first-order chi connectivity index (χ1) is 17.7. The minimum absolute atomic E-state index is 0.0594. The molecule has 6 nitrogen and oxygen atoms in total. The molecule has 2 heterocycles. The van der Waals surface area contributed by atoms with Gasteiger partial charge in [0.2, 0.25) is 5.76 Å². The van der Waals surface area contributed by atoms with E-state index in [0.717, 1.165) is 11.6 Å². The number of methoxy groups -OCH3 is 1. The summed E-state index contributed by atoms with van der Waals surface area (Å²) >= 11 is 6.41. The molecule has 190 valence electrons. The van der Waals surface area contributed by atoms with Crippen LogP contribution in [0.3, 0.4) is 0 Å². The van der Waals surface area contributed by atoms with Crippen LogP contribution in [0.1, 0.15) is 47.1 Å². The van der Waals surface area contributed by atoms with Gasteiger partial charge in [-0.25, -0.2) is 4.39 Å². The van der Waals surface area contributed by atoms with Gasteiger partial charge in [-0.3, -0.25) is 14.5 Å². The molecule has 0 aliphatic carbocycles. The van der Waals surface area contributed by atoms with Crippen molar-refractivity contribution in [1.82, 2.24) is 0 Å². The Bertz CT molecular complexity index is 1600. The van der Waals surface area contributed by atoms with E-state index in [-0.39, 0.29) is 22.3 Å². The fourth-order valence-electron chi connectivity index (χ4n) is 4.49. The molecule has 3 aromatic carbocycles. The van der Waals surface area contributed by atoms with Crippen molar-refractivity contribution in [2.24, 2.45) is 5.92 Å². The Labute approximate surface area is 218 Å². The van der Waals surface area contributed by atoms with E-state index in [0.29, 0.717) is 40.3 Å². The monoisotopic (exact) mass is 521 g/mol. The molecule has 0 bridgehead atoms. The first kappa shape index (κ1) is 24.8. The lowest BCUT2D eigenvalue weighted by molar-refractivity contribution is 0.0971. The van der Waals surface area contributed by atoms with Gasteiger partial charge in [0, 0.05) is 10.7 Å². The second-order valence-electron chi connectivity index (χ2n) is 9.44. The van der Waals surface area contributed by atoms with Crippen LogP contribution in [0.5, 0.6) is 11.5 Å². The number of aryl methyl sites for hydroxylation is 1. The molecule has 0 radical (unpaired) electrons. The number of fused-ring (bicyclic) bond motifs is 2. The molecule has 4 aromatic rings. The molecule has 0 N–H and O–H groups in total. The maximum absolute atomic E-state index is 14.1. The molecule has 1 aromatic heterocycles. The quantitative estimate of drug-likeness (QED) is 0.283. The zero-order chi connectivity index (χ0) is 26.4. The summed E-state index contributed by atoms with van der Waals surface area (Å²) in [5.41, 5.74) is 1.71. The fourth-order valence-corrected chi connectivity index (χ4v) is 4.66. The van der Waals surface area contributed by atoms with Crippen molar-refractivity contribution < 1.29 is 23.1 Å². The molecule has 1 aliphatic heterocycles. The lowest BCUT2D eigenvalue weighted by atomic mass is 9.97. The molecule has 1 amide bonds. The van der Waals surface area contributed by atoms with Crippen molar-refractivity contribution in [2.75, 3.05) is 18.6 Å². The SMILES string of the molecule is COc1cc(C2c3c(oc4ccc(F)cc4c3=O)C(=O)N2c2ccc(C)c(Cl)c2)ccc1OCC(C)C. The average molecular weight is 522 g/mol. The van der Waals surface area contributed by atoms with Gasteiger partial charge in [0.05, 0.1) is 30.7 Å². The standard InChI is InChI=1S/C29H25ClFNO5/c1-15(2)14-36-23-9-6-17(11-24(23)35-4)26-25-27(33)20-12-18(31)7-10-22(20)37-28(25)29(34)32(26)19-8-5-16(3)21(30)13-19/h5-13,15,26H,14H2,1-4H3. The van der Waals surface area contributed by atoms with Crippen molar-refractivity contribution in [2.45, 2.75) is 26.8 Å². The van der Waals surface area contributed by atoms with E-state index in [4.69, 9.17) is 25.5 Å². The Balaban J connectivity index is 1.74. The predicted octanol–water partition coefficient (Wildman–Crippen LogP) is 6.69. The summed E-state index contributed by atoms with van der Waals surface area (Å²) in [6.07, 6.45) is 0. The van der Waals surface area contributed by atoms with Crippen LogP contribution in [0.2, 0.25) is 5.02 Å². The van der Waals surface area contributed by atoms with Crippen molar-refractivity contribution in [1.29, 1.82) is 0 Å². The third-order valence-corrected chi connectivity index (χ3v) is 6.75. The second-order valence-corrected chi connectivity index (χ2v) is 9.85. The topological polar surface area (TPSA) is 69.0 Å². The van der Waals surface area contributed by atoms with Gasteiger partial charge in [-0.2, -0.15) is 0 Å². The zero-order valence-electron chi connectivity index (χ0n) is 20.8. The molecule has 0 saturated carbocycles. The maximum atomic E-state index is 14.1. The minimum Gasteiger partial charge on any atom is -0.493 e. The number of ether oxygens (including phenoxy) is 2. The molecule has 0 fully saturated rings. The van der Waals surface area contributed by atoms with Crippen LogP contribution in [0.4, 0.5) is 10.1 Å². The first-order valence-electron chi connectivity index (χ1n) is 11.9.